The molecule has 0 fully saturated rings. The summed E-state index contributed by atoms with van der Waals surface area (Å²) in [6, 6.07) is 1.85. The zero-order chi connectivity index (χ0) is 12.7. The van der Waals surface area contributed by atoms with Gasteiger partial charge >= 0.3 is 0 Å². The molecular weight excluding hydrogens is 216 g/mol. The Kier molecular flexibility index (Phi) is 5.13. The van der Waals surface area contributed by atoms with Crippen molar-refractivity contribution >= 4 is 11.7 Å². The number of carbonyl (C=O) groups excluding carboxylic acids is 1. The van der Waals surface area contributed by atoms with Crippen LogP contribution < -0.4 is 10.6 Å². The Morgan fingerprint density at radius 1 is 1.53 bits per heavy atom. The summed E-state index contributed by atoms with van der Waals surface area (Å²) in [7, 11) is 0. The summed E-state index contributed by atoms with van der Waals surface area (Å²) in [5, 5.41) is 5.65. The van der Waals surface area contributed by atoms with Crippen LogP contribution in [0.25, 0.3) is 0 Å². The quantitative estimate of drug-likeness (QED) is 0.722. The zero-order valence-electron chi connectivity index (χ0n) is 10.3. The molecule has 0 atom stereocenters. The molecule has 0 saturated carbocycles. The Morgan fingerprint density at radius 2 is 2.29 bits per heavy atom. The third-order valence-corrected chi connectivity index (χ3v) is 2.13. The highest BCUT2D eigenvalue weighted by Crippen LogP contribution is 2.06. The number of hydrogen-bond acceptors (Lipinski definition) is 4. The molecule has 1 aromatic heterocycles. The summed E-state index contributed by atoms with van der Waals surface area (Å²) in [4.78, 5) is 19.8. The fourth-order valence-electron chi connectivity index (χ4n) is 1.32. The van der Waals surface area contributed by atoms with Crippen LogP contribution in [-0.4, -0.2) is 29.0 Å². The normalized spacial score (nSPS) is 9.76. The lowest BCUT2D eigenvalue weighted by Gasteiger charge is -2.07. The van der Waals surface area contributed by atoms with Crippen LogP contribution in [0.15, 0.2) is 18.7 Å². The number of nitrogens with one attached hydrogen (secondary N) is 2. The van der Waals surface area contributed by atoms with Gasteiger partial charge in [-0.25, -0.2) is 9.97 Å². The van der Waals surface area contributed by atoms with Gasteiger partial charge in [0.05, 0.1) is 6.54 Å². The van der Waals surface area contributed by atoms with Gasteiger partial charge in [0.15, 0.2) is 0 Å². The van der Waals surface area contributed by atoms with Crippen molar-refractivity contribution in [3.05, 3.63) is 30.2 Å². The fourth-order valence-corrected chi connectivity index (χ4v) is 1.32. The van der Waals surface area contributed by atoms with E-state index in [1.165, 1.54) is 0 Å². The Morgan fingerprint density at radius 3 is 2.94 bits per heavy atom. The van der Waals surface area contributed by atoms with Crippen molar-refractivity contribution in [3.63, 3.8) is 0 Å². The first-order valence-electron chi connectivity index (χ1n) is 5.61. The molecule has 1 heterocycles. The molecule has 0 aromatic carbocycles. The van der Waals surface area contributed by atoms with Gasteiger partial charge in [0.2, 0.25) is 5.91 Å². The zero-order valence-corrected chi connectivity index (χ0v) is 10.3. The van der Waals surface area contributed by atoms with E-state index in [4.69, 9.17) is 0 Å². The maximum Gasteiger partial charge on any atom is 0.239 e. The van der Waals surface area contributed by atoms with E-state index in [0.717, 1.165) is 12.1 Å². The number of anilines is 1. The van der Waals surface area contributed by atoms with Crippen LogP contribution in [0.3, 0.4) is 0 Å². The second-order valence-corrected chi connectivity index (χ2v) is 3.59. The van der Waals surface area contributed by atoms with E-state index in [2.05, 4.69) is 27.2 Å². The topological polar surface area (TPSA) is 66.9 Å². The molecule has 2 N–H and O–H groups in total. The largest absolute Gasteiger partial charge is 0.361 e. The van der Waals surface area contributed by atoms with Crippen molar-refractivity contribution in [3.8, 4) is 0 Å². The summed E-state index contributed by atoms with van der Waals surface area (Å²) in [6.07, 6.45) is 2.49. The minimum atomic E-state index is -0.0841. The van der Waals surface area contributed by atoms with Crippen molar-refractivity contribution < 1.29 is 4.79 Å². The average molecular weight is 234 g/mol. The van der Waals surface area contributed by atoms with Crippen LogP contribution in [0, 0.1) is 6.92 Å². The lowest BCUT2D eigenvalue weighted by Crippen LogP contribution is -2.30. The van der Waals surface area contributed by atoms with E-state index < -0.39 is 0 Å². The van der Waals surface area contributed by atoms with E-state index in [0.29, 0.717) is 18.2 Å². The number of aryl methyl sites for hydroxylation is 2. The van der Waals surface area contributed by atoms with E-state index in [1.54, 1.807) is 6.08 Å². The molecule has 0 unspecified atom stereocenters. The molecule has 0 aliphatic carbocycles. The van der Waals surface area contributed by atoms with Gasteiger partial charge < -0.3 is 10.6 Å². The van der Waals surface area contributed by atoms with E-state index in [-0.39, 0.29) is 12.5 Å². The van der Waals surface area contributed by atoms with Gasteiger partial charge in [0.25, 0.3) is 0 Å². The highest BCUT2D eigenvalue weighted by atomic mass is 16.1. The molecule has 1 rings (SSSR count). The van der Waals surface area contributed by atoms with Crippen LogP contribution >= 0.6 is 0 Å². The average Bonchev–Trinajstić information content (AvgIpc) is 2.33. The van der Waals surface area contributed by atoms with Crippen molar-refractivity contribution in [1.82, 2.24) is 15.3 Å². The molecule has 1 amide bonds. The first-order valence-corrected chi connectivity index (χ1v) is 5.61. The lowest BCUT2D eigenvalue weighted by molar-refractivity contribution is -0.119. The Labute approximate surface area is 101 Å². The summed E-state index contributed by atoms with van der Waals surface area (Å²) in [5.74, 6) is 1.31. The highest BCUT2D eigenvalue weighted by Gasteiger charge is 2.03. The molecular formula is C12H18N4O. The van der Waals surface area contributed by atoms with E-state index in [1.807, 2.05) is 19.9 Å². The predicted molar refractivity (Wildman–Crippen MR) is 67.8 cm³/mol. The maximum atomic E-state index is 11.3. The standard InChI is InChI=1S/C12H18N4O/c1-4-6-13-12(17)8-14-11-7-10(5-2)15-9(3)16-11/h4,7H,1,5-6,8H2,2-3H3,(H,13,17)(H,14,15,16). The summed E-state index contributed by atoms with van der Waals surface area (Å²) < 4.78 is 0. The minimum absolute atomic E-state index is 0.0841. The Balaban J connectivity index is 2.53. The third kappa shape index (κ3) is 4.63. The SMILES string of the molecule is C=CCNC(=O)CNc1cc(CC)nc(C)n1. The van der Waals surface area contributed by atoms with Crippen molar-refractivity contribution in [2.24, 2.45) is 0 Å². The van der Waals surface area contributed by atoms with Gasteiger partial charge in [-0.2, -0.15) is 0 Å². The van der Waals surface area contributed by atoms with Crippen molar-refractivity contribution in [2.75, 3.05) is 18.4 Å². The first-order chi connectivity index (χ1) is 8.15. The van der Waals surface area contributed by atoms with Crippen LogP contribution in [0.5, 0.6) is 0 Å². The molecule has 17 heavy (non-hydrogen) atoms. The molecule has 5 heteroatoms. The Bertz CT molecular complexity index is 403. The number of hydrogen-bond donors (Lipinski definition) is 2. The predicted octanol–water partition coefficient (Wildman–Crippen LogP) is 1.06. The monoisotopic (exact) mass is 234 g/mol. The maximum absolute atomic E-state index is 11.3. The van der Waals surface area contributed by atoms with Gasteiger partial charge in [0, 0.05) is 18.3 Å². The van der Waals surface area contributed by atoms with Gasteiger partial charge in [0.1, 0.15) is 11.6 Å². The molecule has 92 valence electrons. The number of rotatable bonds is 6. The third-order valence-electron chi connectivity index (χ3n) is 2.13. The van der Waals surface area contributed by atoms with Gasteiger partial charge in [-0.15, -0.1) is 6.58 Å². The van der Waals surface area contributed by atoms with E-state index >= 15 is 0 Å². The number of nitrogens with zero attached hydrogens (tertiary/aromatic N) is 2. The van der Waals surface area contributed by atoms with Gasteiger partial charge in [-0.1, -0.05) is 13.0 Å². The molecule has 1 aromatic rings. The smallest absolute Gasteiger partial charge is 0.239 e. The molecule has 0 bridgehead atoms. The number of carbonyl (C=O) groups is 1. The minimum Gasteiger partial charge on any atom is -0.361 e. The van der Waals surface area contributed by atoms with Crippen LogP contribution in [0.2, 0.25) is 0 Å². The van der Waals surface area contributed by atoms with Crippen LogP contribution in [0.4, 0.5) is 5.82 Å². The molecule has 0 aliphatic rings. The fraction of sp³-hybridized carbons (Fsp3) is 0.417. The first kappa shape index (κ1) is 13.2. The van der Waals surface area contributed by atoms with E-state index in [9.17, 15) is 4.79 Å². The molecule has 5 nitrogen and oxygen atoms in total. The number of amides is 1. The summed E-state index contributed by atoms with van der Waals surface area (Å²) in [6.45, 7) is 8.07. The van der Waals surface area contributed by atoms with Crippen LogP contribution in [0.1, 0.15) is 18.4 Å². The van der Waals surface area contributed by atoms with Crippen molar-refractivity contribution in [1.29, 1.82) is 0 Å². The Hall–Kier alpha value is -1.91. The lowest BCUT2D eigenvalue weighted by atomic mass is 10.3. The summed E-state index contributed by atoms with van der Waals surface area (Å²) >= 11 is 0. The van der Waals surface area contributed by atoms with Crippen LogP contribution in [-0.2, 0) is 11.2 Å². The van der Waals surface area contributed by atoms with Gasteiger partial charge in [-0.3, -0.25) is 4.79 Å². The van der Waals surface area contributed by atoms with Crippen molar-refractivity contribution in [2.45, 2.75) is 20.3 Å². The highest BCUT2D eigenvalue weighted by molar-refractivity contribution is 5.80. The molecule has 0 radical (unpaired) electrons. The second kappa shape index (κ2) is 6.62. The second-order valence-electron chi connectivity index (χ2n) is 3.59. The van der Waals surface area contributed by atoms with Gasteiger partial charge in [-0.05, 0) is 13.3 Å². The number of aromatic nitrogens is 2. The summed E-state index contributed by atoms with van der Waals surface area (Å²) in [5.41, 5.74) is 0.964. The molecule has 0 spiro atoms. The molecule has 0 aliphatic heterocycles. The molecule has 0 saturated heterocycles.